The van der Waals surface area contributed by atoms with E-state index in [0.29, 0.717) is 0 Å². The van der Waals surface area contributed by atoms with E-state index in [2.05, 4.69) is 30.9 Å². The summed E-state index contributed by atoms with van der Waals surface area (Å²) >= 11 is 0. The predicted molar refractivity (Wildman–Crippen MR) is 95.8 cm³/mol. The largest absolute Gasteiger partial charge is 0.481 e. The van der Waals surface area contributed by atoms with Crippen molar-refractivity contribution in [2.45, 2.75) is 53.2 Å². The topological polar surface area (TPSA) is 164 Å². The van der Waals surface area contributed by atoms with Crippen LogP contribution in [0.25, 0.3) is 0 Å². The molecule has 0 aromatic carbocycles. The first kappa shape index (κ1) is 27.6. The second-order valence-electron chi connectivity index (χ2n) is 6.04. The minimum absolute atomic E-state index is 0.0337. The van der Waals surface area contributed by atoms with Gasteiger partial charge in [-0.2, -0.15) is 0 Å². The van der Waals surface area contributed by atoms with Gasteiger partial charge in [-0.15, -0.1) is 10.1 Å². The highest BCUT2D eigenvalue weighted by atomic mass is 17.0. The van der Waals surface area contributed by atoms with Crippen molar-refractivity contribution in [1.82, 2.24) is 5.32 Å². The van der Waals surface area contributed by atoms with Gasteiger partial charge in [0.05, 0.1) is 19.6 Å². The molecule has 28 heavy (non-hydrogen) atoms. The van der Waals surface area contributed by atoms with Crippen LogP contribution in [0.3, 0.4) is 0 Å². The number of amides is 1. The van der Waals surface area contributed by atoms with E-state index in [1.165, 1.54) is 6.92 Å². The van der Waals surface area contributed by atoms with Crippen LogP contribution in [0, 0.1) is 16.0 Å². The zero-order chi connectivity index (χ0) is 21.9. The first-order chi connectivity index (χ1) is 13.0. The van der Waals surface area contributed by atoms with Gasteiger partial charge in [0.25, 0.3) is 5.09 Å². The van der Waals surface area contributed by atoms with Gasteiger partial charge >= 0.3 is 18.0 Å². The average molecular weight is 410 g/mol. The molecule has 1 amide bonds. The van der Waals surface area contributed by atoms with Crippen molar-refractivity contribution in [1.29, 1.82) is 0 Å². The first-order valence-corrected chi connectivity index (χ1v) is 8.75. The van der Waals surface area contributed by atoms with Crippen molar-refractivity contribution in [3.63, 3.8) is 0 Å². The summed E-state index contributed by atoms with van der Waals surface area (Å²) < 4.78 is 14.4. The van der Waals surface area contributed by atoms with Crippen LogP contribution in [-0.4, -0.2) is 60.9 Å². The molecule has 0 rings (SSSR count). The summed E-state index contributed by atoms with van der Waals surface area (Å²) in [5.74, 6) is -0.823. The van der Waals surface area contributed by atoms with Crippen molar-refractivity contribution in [2.24, 2.45) is 5.92 Å². The monoisotopic (exact) mass is 410 g/mol. The standard InChI is InChI=1S/C12H20N2O10.C4H10/c1-9(24-12(18)13-5-2-3-10(15)16)23-11(17)4-6-21-7-8-22-14(19)20;1-4(2)3/h9H,2-8H2,1H3,(H,13,18)(H,15,16);4H,1-3H3. The number of carboxylic acids is 1. The summed E-state index contributed by atoms with van der Waals surface area (Å²) in [7, 11) is 0. The molecule has 0 radical (unpaired) electrons. The van der Waals surface area contributed by atoms with Crippen LogP contribution in [0.4, 0.5) is 4.79 Å². The Hall–Kier alpha value is -2.63. The van der Waals surface area contributed by atoms with Crippen LogP contribution in [0.2, 0.25) is 0 Å². The van der Waals surface area contributed by atoms with Crippen molar-refractivity contribution in [2.75, 3.05) is 26.4 Å². The number of rotatable bonds is 13. The van der Waals surface area contributed by atoms with Crippen LogP contribution in [-0.2, 0) is 28.6 Å². The zero-order valence-corrected chi connectivity index (χ0v) is 16.7. The van der Waals surface area contributed by atoms with Gasteiger partial charge in [0, 0.05) is 19.9 Å². The summed E-state index contributed by atoms with van der Waals surface area (Å²) in [5.41, 5.74) is 0. The Bertz CT molecular complexity index is 468. The Balaban J connectivity index is 0. The molecule has 0 saturated heterocycles. The number of alkyl carbamates (subject to hydrolysis) is 1. The number of carbonyl (C=O) groups excluding carboxylic acids is 2. The van der Waals surface area contributed by atoms with Crippen molar-refractivity contribution < 1.29 is 43.6 Å². The maximum absolute atomic E-state index is 11.4. The third-order valence-corrected chi connectivity index (χ3v) is 2.28. The van der Waals surface area contributed by atoms with Gasteiger partial charge in [0.1, 0.15) is 6.61 Å². The number of esters is 1. The summed E-state index contributed by atoms with van der Waals surface area (Å²) in [5, 5.41) is 19.6. The molecule has 0 aromatic heterocycles. The molecule has 1 unspecified atom stereocenters. The smallest absolute Gasteiger partial charge is 0.410 e. The number of nitrogens with zero attached hydrogens (tertiary/aromatic N) is 1. The van der Waals surface area contributed by atoms with Gasteiger partial charge in [0.15, 0.2) is 0 Å². The fourth-order valence-corrected chi connectivity index (χ4v) is 1.32. The van der Waals surface area contributed by atoms with E-state index in [0.717, 1.165) is 5.92 Å². The van der Waals surface area contributed by atoms with Crippen molar-refractivity contribution in [3.05, 3.63) is 10.1 Å². The predicted octanol–water partition coefficient (Wildman–Crippen LogP) is 1.74. The second-order valence-corrected chi connectivity index (χ2v) is 6.04. The number of hydrogen-bond acceptors (Lipinski definition) is 9. The number of hydrogen-bond donors (Lipinski definition) is 2. The fraction of sp³-hybridized carbons (Fsp3) is 0.812. The highest BCUT2D eigenvalue weighted by Crippen LogP contribution is 1.98. The number of ether oxygens (including phenoxy) is 3. The highest BCUT2D eigenvalue weighted by molar-refractivity contribution is 5.70. The molecule has 0 heterocycles. The van der Waals surface area contributed by atoms with Gasteiger partial charge < -0.3 is 29.5 Å². The average Bonchev–Trinajstić information content (AvgIpc) is 2.53. The molecular weight excluding hydrogens is 380 g/mol. The van der Waals surface area contributed by atoms with E-state index < -0.39 is 29.4 Å². The molecule has 0 saturated carbocycles. The van der Waals surface area contributed by atoms with Crippen LogP contribution in [0.1, 0.15) is 47.0 Å². The highest BCUT2D eigenvalue weighted by Gasteiger charge is 2.13. The first-order valence-electron chi connectivity index (χ1n) is 8.75. The Labute approximate surface area is 163 Å². The van der Waals surface area contributed by atoms with Gasteiger partial charge in [-0.3, -0.25) is 9.59 Å². The summed E-state index contributed by atoms with van der Waals surface area (Å²) in [4.78, 5) is 46.8. The van der Waals surface area contributed by atoms with Gasteiger partial charge in [-0.05, 0) is 12.3 Å². The molecule has 1 atom stereocenters. The van der Waals surface area contributed by atoms with Crippen LogP contribution in [0.5, 0.6) is 0 Å². The van der Waals surface area contributed by atoms with E-state index in [4.69, 9.17) is 19.3 Å². The third-order valence-electron chi connectivity index (χ3n) is 2.28. The lowest BCUT2D eigenvalue weighted by Gasteiger charge is -2.14. The minimum atomic E-state index is -1.13. The number of aliphatic carboxylic acids is 1. The maximum Gasteiger partial charge on any atom is 0.410 e. The SMILES string of the molecule is CC(C)C.CC(OC(=O)CCOCCO[N+](=O)[O-])OC(=O)NCCCC(=O)O. The minimum Gasteiger partial charge on any atom is -0.481 e. The molecular formula is C16H30N2O10. The Kier molecular flexibility index (Phi) is 17.5. The number of carboxylic acid groups (broad SMARTS) is 1. The number of carbonyl (C=O) groups is 3. The Morgan fingerprint density at radius 3 is 2.18 bits per heavy atom. The maximum atomic E-state index is 11.4. The molecule has 0 aliphatic rings. The normalized spacial score (nSPS) is 10.9. The van der Waals surface area contributed by atoms with E-state index in [1.54, 1.807) is 0 Å². The Morgan fingerprint density at radius 2 is 1.64 bits per heavy atom. The van der Waals surface area contributed by atoms with E-state index in [-0.39, 0.29) is 45.6 Å². The quantitative estimate of drug-likeness (QED) is 0.150. The lowest BCUT2D eigenvalue weighted by Crippen LogP contribution is -2.31. The van der Waals surface area contributed by atoms with Gasteiger partial charge in [-0.25, -0.2) is 4.79 Å². The fourth-order valence-electron chi connectivity index (χ4n) is 1.32. The molecule has 12 nitrogen and oxygen atoms in total. The lowest BCUT2D eigenvalue weighted by atomic mass is 10.3. The summed E-state index contributed by atoms with van der Waals surface area (Å²) in [6.07, 6.45) is -1.94. The van der Waals surface area contributed by atoms with Crippen LogP contribution in [0.15, 0.2) is 0 Å². The summed E-state index contributed by atoms with van der Waals surface area (Å²) in [6, 6.07) is 0. The molecule has 0 aliphatic heterocycles. The molecule has 12 heteroatoms. The van der Waals surface area contributed by atoms with Crippen molar-refractivity contribution >= 4 is 18.0 Å². The Morgan fingerprint density at radius 1 is 1.04 bits per heavy atom. The summed E-state index contributed by atoms with van der Waals surface area (Å²) in [6.45, 7) is 7.61. The van der Waals surface area contributed by atoms with Crippen molar-refractivity contribution in [3.8, 4) is 0 Å². The van der Waals surface area contributed by atoms with E-state index in [1.807, 2.05) is 0 Å². The molecule has 0 spiro atoms. The molecule has 0 bridgehead atoms. The molecule has 2 N–H and O–H groups in total. The molecule has 0 aromatic rings. The van der Waals surface area contributed by atoms with Crippen LogP contribution >= 0.6 is 0 Å². The van der Waals surface area contributed by atoms with E-state index in [9.17, 15) is 24.5 Å². The van der Waals surface area contributed by atoms with Gasteiger partial charge in [0.2, 0.25) is 6.29 Å². The number of nitrogens with one attached hydrogen (secondary N) is 1. The molecule has 0 aliphatic carbocycles. The second kappa shape index (κ2) is 17.8. The zero-order valence-electron chi connectivity index (χ0n) is 16.7. The van der Waals surface area contributed by atoms with E-state index >= 15 is 0 Å². The lowest BCUT2D eigenvalue weighted by molar-refractivity contribution is -0.758. The van der Waals surface area contributed by atoms with Crippen LogP contribution < -0.4 is 5.32 Å². The molecule has 164 valence electrons. The molecule has 0 fully saturated rings. The van der Waals surface area contributed by atoms with Gasteiger partial charge in [-0.1, -0.05) is 20.8 Å². The third kappa shape index (κ3) is 25.6.